The Labute approximate surface area is 130 Å². The van der Waals surface area contributed by atoms with E-state index in [1.807, 2.05) is 30.3 Å². The Morgan fingerprint density at radius 1 is 0.905 bits per heavy atom. The monoisotopic (exact) mass is 344 g/mol. The molecule has 0 aliphatic rings. The molecule has 0 saturated carbocycles. The van der Waals surface area contributed by atoms with Gasteiger partial charge in [-0.05, 0) is 52.2 Å². The molecular weight excluding hydrogens is 331 g/mol. The molecule has 106 valence electrons. The van der Waals surface area contributed by atoms with Crippen molar-refractivity contribution in [2.75, 3.05) is 0 Å². The number of fused-ring (bicyclic) bond motifs is 1. The zero-order valence-corrected chi connectivity index (χ0v) is 12.8. The van der Waals surface area contributed by atoms with E-state index in [1.165, 1.54) is 12.1 Å². The van der Waals surface area contributed by atoms with E-state index in [-0.39, 0.29) is 11.9 Å². The minimum atomic E-state index is -0.266. The molecule has 0 aliphatic heterocycles. The summed E-state index contributed by atoms with van der Waals surface area (Å²) >= 11 is 3.46. The van der Waals surface area contributed by atoms with Crippen molar-refractivity contribution < 1.29 is 4.39 Å². The molecule has 21 heavy (non-hydrogen) atoms. The van der Waals surface area contributed by atoms with Crippen LogP contribution in [0, 0.1) is 5.82 Å². The Balaban J connectivity index is 2.06. The quantitative estimate of drug-likeness (QED) is 0.549. The lowest BCUT2D eigenvalue weighted by atomic mass is 9.97. The molecule has 3 rings (SSSR count). The van der Waals surface area contributed by atoms with E-state index in [1.54, 1.807) is 6.07 Å². The van der Waals surface area contributed by atoms with Crippen LogP contribution in [0.5, 0.6) is 0 Å². The fraction of sp³-hybridized carbons (Fsp3) is 0.0588. The first-order chi connectivity index (χ1) is 10.2. The summed E-state index contributed by atoms with van der Waals surface area (Å²) in [5.74, 6) is 5.41. The van der Waals surface area contributed by atoms with Gasteiger partial charge in [-0.15, -0.1) is 0 Å². The van der Waals surface area contributed by atoms with E-state index in [9.17, 15) is 4.39 Å². The molecule has 0 spiro atoms. The average molecular weight is 345 g/mol. The van der Waals surface area contributed by atoms with Crippen molar-refractivity contribution in [2.45, 2.75) is 6.04 Å². The minimum absolute atomic E-state index is 0.242. The van der Waals surface area contributed by atoms with Gasteiger partial charge in [0, 0.05) is 4.47 Å². The highest BCUT2D eigenvalue weighted by Crippen LogP contribution is 2.27. The van der Waals surface area contributed by atoms with E-state index in [2.05, 4.69) is 33.5 Å². The van der Waals surface area contributed by atoms with Crippen LogP contribution in [0.3, 0.4) is 0 Å². The maximum Gasteiger partial charge on any atom is 0.123 e. The maximum atomic E-state index is 13.4. The van der Waals surface area contributed by atoms with Crippen LogP contribution >= 0.6 is 15.9 Å². The second kappa shape index (κ2) is 5.93. The van der Waals surface area contributed by atoms with Gasteiger partial charge in [-0.1, -0.05) is 46.3 Å². The minimum Gasteiger partial charge on any atom is -0.271 e. The second-order valence-corrected chi connectivity index (χ2v) is 5.82. The number of benzene rings is 3. The summed E-state index contributed by atoms with van der Waals surface area (Å²) < 4.78 is 14.4. The standard InChI is InChI=1S/C17H14BrFN2/c18-15-7-6-11-8-14(5-4-12(11)9-15)17(21-20)13-2-1-3-16(19)10-13/h1-10,17,21H,20H2. The van der Waals surface area contributed by atoms with Gasteiger partial charge in [-0.25, -0.2) is 9.82 Å². The molecule has 0 amide bonds. The Bertz CT molecular complexity index is 789. The molecule has 3 aromatic carbocycles. The number of nitrogens with two attached hydrogens (primary N) is 1. The van der Waals surface area contributed by atoms with Crippen LogP contribution in [0.2, 0.25) is 0 Å². The van der Waals surface area contributed by atoms with Gasteiger partial charge in [0.25, 0.3) is 0 Å². The van der Waals surface area contributed by atoms with E-state index >= 15 is 0 Å². The van der Waals surface area contributed by atoms with Gasteiger partial charge in [-0.2, -0.15) is 0 Å². The summed E-state index contributed by atoms with van der Waals surface area (Å²) in [6.07, 6.45) is 0. The molecule has 0 fully saturated rings. The molecule has 0 bridgehead atoms. The van der Waals surface area contributed by atoms with Gasteiger partial charge < -0.3 is 0 Å². The lowest BCUT2D eigenvalue weighted by Gasteiger charge is -2.17. The molecule has 1 atom stereocenters. The van der Waals surface area contributed by atoms with Crippen LogP contribution in [-0.4, -0.2) is 0 Å². The zero-order valence-electron chi connectivity index (χ0n) is 11.2. The highest BCUT2D eigenvalue weighted by atomic mass is 79.9. The van der Waals surface area contributed by atoms with Gasteiger partial charge in [0.2, 0.25) is 0 Å². The molecular formula is C17H14BrFN2. The van der Waals surface area contributed by atoms with Gasteiger partial charge in [-0.3, -0.25) is 5.84 Å². The molecule has 4 heteroatoms. The number of rotatable bonds is 3. The third-order valence-electron chi connectivity index (χ3n) is 3.51. The number of hydrogen-bond donors (Lipinski definition) is 2. The van der Waals surface area contributed by atoms with E-state index in [4.69, 9.17) is 5.84 Å². The first-order valence-corrected chi connectivity index (χ1v) is 7.37. The molecule has 0 saturated heterocycles. The van der Waals surface area contributed by atoms with Gasteiger partial charge in [0.05, 0.1) is 6.04 Å². The van der Waals surface area contributed by atoms with Gasteiger partial charge in [0.15, 0.2) is 0 Å². The molecule has 3 N–H and O–H groups in total. The third-order valence-corrected chi connectivity index (χ3v) is 4.00. The summed E-state index contributed by atoms with van der Waals surface area (Å²) in [5.41, 5.74) is 4.56. The Morgan fingerprint density at radius 2 is 1.62 bits per heavy atom. The predicted octanol–water partition coefficient (Wildman–Crippen LogP) is 4.29. The second-order valence-electron chi connectivity index (χ2n) is 4.91. The fourth-order valence-electron chi connectivity index (χ4n) is 2.49. The topological polar surface area (TPSA) is 38.0 Å². The van der Waals surface area contributed by atoms with Crippen LogP contribution < -0.4 is 11.3 Å². The summed E-state index contributed by atoms with van der Waals surface area (Å²) in [4.78, 5) is 0. The largest absolute Gasteiger partial charge is 0.271 e. The van der Waals surface area contributed by atoms with Crippen molar-refractivity contribution in [3.8, 4) is 0 Å². The van der Waals surface area contributed by atoms with Crippen molar-refractivity contribution in [2.24, 2.45) is 5.84 Å². The van der Waals surface area contributed by atoms with Crippen molar-refractivity contribution in [3.05, 3.63) is 82.1 Å². The van der Waals surface area contributed by atoms with Gasteiger partial charge in [0.1, 0.15) is 5.82 Å². The SMILES string of the molecule is NNC(c1cccc(F)c1)c1ccc2cc(Br)ccc2c1. The molecule has 0 radical (unpaired) electrons. The average Bonchev–Trinajstić information content (AvgIpc) is 2.48. The molecule has 3 aromatic rings. The summed E-state index contributed by atoms with van der Waals surface area (Å²) in [6, 6.07) is 18.4. The highest BCUT2D eigenvalue weighted by molar-refractivity contribution is 9.10. The lowest BCUT2D eigenvalue weighted by molar-refractivity contribution is 0.605. The van der Waals surface area contributed by atoms with Crippen LogP contribution in [0.1, 0.15) is 17.2 Å². The Morgan fingerprint density at radius 3 is 2.38 bits per heavy atom. The third kappa shape index (κ3) is 2.97. The van der Waals surface area contributed by atoms with Crippen molar-refractivity contribution in [1.29, 1.82) is 0 Å². The first kappa shape index (κ1) is 14.2. The number of nitrogens with one attached hydrogen (secondary N) is 1. The number of hydrazine groups is 1. The van der Waals surface area contributed by atoms with E-state index in [0.717, 1.165) is 26.4 Å². The fourth-order valence-corrected chi connectivity index (χ4v) is 2.86. The molecule has 2 nitrogen and oxygen atoms in total. The van der Waals surface area contributed by atoms with Crippen LogP contribution in [-0.2, 0) is 0 Å². The van der Waals surface area contributed by atoms with E-state index < -0.39 is 0 Å². The van der Waals surface area contributed by atoms with Crippen molar-refractivity contribution >= 4 is 26.7 Å². The zero-order chi connectivity index (χ0) is 14.8. The normalized spacial score (nSPS) is 12.5. The smallest absolute Gasteiger partial charge is 0.123 e. The molecule has 1 unspecified atom stereocenters. The molecule has 0 aliphatic carbocycles. The van der Waals surface area contributed by atoms with Crippen LogP contribution in [0.25, 0.3) is 10.8 Å². The highest BCUT2D eigenvalue weighted by Gasteiger charge is 2.13. The van der Waals surface area contributed by atoms with Crippen molar-refractivity contribution in [1.82, 2.24) is 5.43 Å². The van der Waals surface area contributed by atoms with Crippen molar-refractivity contribution in [3.63, 3.8) is 0 Å². The molecule has 0 heterocycles. The summed E-state index contributed by atoms with van der Waals surface area (Å²) in [7, 11) is 0. The van der Waals surface area contributed by atoms with Gasteiger partial charge >= 0.3 is 0 Å². The predicted molar refractivity (Wildman–Crippen MR) is 87.2 cm³/mol. The van der Waals surface area contributed by atoms with Crippen LogP contribution in [0.15, 0.2) is 65.1 Å². The first-order valence-electron chi connectivity index (χ1n) is 6.58. The Hall–Kier alpha value is -1.75. The summed E-state index contributed by atoms with van der Waals surface area (Å²) in [5, 5.41) is 2.26. The lowest BCUT2D eigenvalue weighted by Crippen LogP contribution is -2.28. The maximum absolute atomic E-state index is 13.4. The molecule has 0 aromatic heterocycles. The van der Waals surface area contributed by atoms with Crippen LogP contribution in [0.4, 0.5) is 4.39 Å². The number of hydrogen-bond acceptors (Lipinski definition) is 2. The summed E-state index contributed by atoms with van der Waals surface area (Å²) in [6.45, 7) is 0. The number of halogens is 2. The van der Waals surface area contributed by atoms with E-state index in [0.29, 0.717) is 0 Å². The Kier molecular flexibility index (Phi) is 4.01.